The monoisotopic (exact) mass is 385 g/mol. The molecule has 1 amide bonds. The van der Waals surface area contributed by atoms with Gasteiger partial charge < -0.3 is 18.9 Å². The second-order valence-electron chi connectivity index (χ2n) is 6.10. The molecule has 0 aliphatic heterocycles. The number of benzene rings is 2. The van der Waals surface area contributed by atoms with Crippen LogP contribution in [0.1, 0.15) is 16.2 Å². The Morgan fingerprint density at radius 1 is 1.11 bits per heavy atom. The molecule has 0 aliphatic rings. The number of carbonyl (C=O) groups excluding carboxylic acids is 1. The maximum absolute atomic E-state index is 13.0. The Morgan fingerprint density at radius 3 is 2.36 bits per heavy atom. The first-order chi connectivity index (χ1) is 13.5. The van der Waals surface area contributed by atoms with E-state index in [1.165, 1.54) is 26.4 Å². The molecule has 0 unspecified atom stereocenters. The molecule has 0 aliphatic carbocycles. The Kier molecular flexibility index (Phi) is 5.88. The highest BCUT2D eigenvalue weighted by molar-refractivity contribution is 5.95. The molecule has 28 heavy (non-hydrogen) atoms. The molecule has 0 bridgehead atoms. The van der Waals surface area contributed by atoms with Gasteiger partial charge in [0.15, 0.2) is 5.82 Å². The molecule has 0 spiro atoms. The van der Waals surface area contributed by atoms with Crippen molar-refractivity contribution in [2.75, 3.05) is 27.8 Å². The van der Waals surface area contributed by atoms with Gasteiger partial charge in [-0.05, 0) is 36.4 Å². The summed E-state index contributed by atoms with van der Waals surface area (Å²) in [5.41, 5.74) is 1.09. The van der Waals surface area contributed by atoms with Gasteiger partial charge in [-0.2, -0.15) is 4.98 Å². The molecule has 146 valence electrons. The number of carbonyl (C=O) groups is 1. The first-order valence-corrected chi connectivity index (χ1v) is 8.57. The maximum atomic E-state index is 13.0. The third-order valence-corrected chi connectivity index (χ3v) is 4.18. The summed E-state index contributed by atoms with van der Waals surface area (Å²) in [7, 11) is 4.75. The topological polar surface area (TPSA) is 77.7 Å². The highest BCUT2D eigenvalue weighted by atomic mass is 19.1. The van der Waals surface area contributed by atoms with Gasteiger partial charge in [0.2, 0.25) is 0 Å². The van der Waals surface area contributed by atoms with E-state index in [-0.39, 0.29) is 11.7 Å². The summed E-state index contributed by atoms with van der Waals surface area (Å²) in [6.07, 6.45) is 0.411. The fourth-order valence-corrected chi connectivity index (χ4v) is 2.59. The van der Waals surface area contributed by atoms with Gasteiger partial charge in [-0.3, -0.25) is 4.79 Å². The van der Waals surface area contributed by atoms with Crippen molar-refractivity contribution in [2.24, 2.45) is 0 Å². The summed E-state index contributed by atoms with van der Waals surface area (Å²) in [6.45, 7) is 0.390. The van der Waals surface area contributed by atoms with E-state index in [0.717, 1.165) is 0 Å². The molecule has 7 nitrogen and oxygen atoms in total. The predicted molar refractivity (Wildman–Crippen MR) is 99.9 cm³/mol. The Hall–Kier alpha value is -3.42. The number of halogens is 1. The van der Waals surface area contributed by atoms with E-state index in [1.54, 1.807) is 42.3 Å². The minimum atomic E-state index is -0.335. The van der Waals surface area contributed by atoms with E-state index < -0.39 is 0 Å². The molecular weight excluding hydrogens is 365 g/mol. The molecule has 8 heteroatoms. The van der Waals surface area contributed by atoms with Gasteiger partial charge in [0.1, 0.15) is 17.3 Å². The van der Waals surface area contributed by atoms with Crippen LogP contribution in [0, 0.1) is 5.82 Å². The quantitative estimate of drug-likeness (QED) is 0.622. The van der Waals surface area contributed by atoms with Crippen LogP contribution in [0.5, 0.6) is 11.5 Å². The first-order valence-electron chi connectivity index (χ1n) is 8.57. The van der Waals surface area contributed by atoms with Crippen molar-refractivity contribution >= 4 is 5.91 Å². The minimum absolute atomic E-state index is 0.181. The van der Waals surface area contributed by atoms with E-state index >= 15 is 0 Å². The summed E-state index contributed by atoms with van der Waals surface area (Å²) in [4.78, 5) is 18.5. The van der Waals surface area contributed by atoms with Gasteiger partial charge >= 0.3 is 0 Å². The molecule has 1 heterocycles. The van der Waals surface area contributed by atoms with Crippen molar-refractivity contribution in [1.29, 1.82) is 0 Å². The molecule has 0 radical (unpaired) electrons. The first kappa shape index (κ1) is 19.3. The van der Waals surface area contributed by atoms with Crippen LogP contribution in [0.3, 0.4) is 0 Å². The standard InChI is InChI=1S/C20H20FN3O4/c1-24(20(25)14-10-16(26-2)12-17(11-14)27-3)9-8-18-22-19(28-23-18)13-4-6-15(21)7-5-13/h4-7,10-12H,8-9H2,1-3H3. The Bertz CT molecular complexity index is 934. The lowest BCUT2D eigenvalue weighted by molar-refractivity contribution is 0.0795. The average Bonchev–Trinajstić information content (AvgIpc) is 3.20. The molecule has 0 fully saturated rings. The number of likely N-dealkylation sites (N-methyl/N-ethyl adjacent to an activating group) is 1. The molecule has 1 aromatic heterocycles. The smallest absolute Gasteiger partial charge is 0.257 e. The van der Waals surface area contributed by atoms with Gasteiger partial charge in [0.05, 0.1) is 14.2 Å². The van der Waals surface area contributed by atoms with Crippen LogP contribution in [0.4, 0.5) is 4.39 Å². The lowest BCUT2D eigenvalue weighted by Crippen LogP contribution is -2.29. The van der Waals surface area contributed by atoms with Crippen LogP contribution < -0.4 is 9.47 Å². The number of amides is 1. The van der Waals surface area contributed by atoms with E-state index in [2.05, 4.69) is 10.1 Å². The number of nitrogens with zero attached hydrogens (tertiary/aromatic N) is 3. The molecule has 3 aromatic rings. The van der Waals surface area contributed by atoms with Crippen molar-refractivity contribution in [3.05, 3.63) is 59.7 Å². The Morgan fingerprint density at radius 2 is 1.75 bits per heavy atom. The van der Waals surface area contributed by atoms with Crippen LogP contribution in [-0.2, 0) is 6.42 Å². The minimum Gasteiger partial charge on any atom is -0.497 e. The number of ether oxygens (including phenoxy) is 2. The Labute approximate surface area is 161 Å². The molecule has 0 saturated carbocycles. The highest BCUT2D eigenvalue weighted by Gasteiger charge is 2.16. The summed E-state index contributed by atoms with van der Waals surface area (Å²) in [5.74, 6) is 1.33. The SMILES string of the molecule is COc1cc(OC)cc(C(=O)N(C)CCc2noc(-c3ccc(F)cc3)n2)c1. The van der Waals surface area contributed by atoms with Crippen LogP contribution >= 0.6 is 0 Å². The zero-order chi connectivity index (χ0) is 20.1. The molecule has 3 rings (SSSR count). The van der Waals surface area contributed by atoms with Gasteiger partial charge in [0.25, 0.3) is 11.8 Å². The maximum Gasteiger partial charge on any atom is 0.257 e. The molecule has 0 saturated heterocycles. The van der Waals surface area contributed by atoms with Crippen LogP contribution in [0.15, 0.2) is 47.0 Å². The predicted octanol–water partition coefficient (Wildman–Crippen LogP) is 3.21. The largest absolute Gasteiger partial charge is 0.497 e. The van der Waals surface area contributed by atoms with Gasteiger partial charge in [-0.25, -0.2) is 4.39 Å². The number of rotatable bonds is 7. The molecule has 0 N–H and O–H groups in total. The van der Waals surface area contributed by atoms with Crippen molar-refractivity contribution < 1.29 is 23.2 Å². The fourth-order valence-electron chi connectivity index (χ4n) is 2.59. The van der Waals surface area contributed by atoms with Crippen molar-refractivity contribution in [3.63, 3.8) is 0 Å². The van der Waals surface area contributed by atoms with E-state index in [9.17, 15) is 9.18 Å². The van der Waals surface area contributed by atoms with Crippen LogP contribution in [0.2, 0.25) is 0 Å². The third-order valence-electron chi connectivity index (χ3n) is 4.18. The van der Waals surface area contributed by atoms with Gasteiger partial charge in [-0.1, -0.05) is 5.16 Å². The van der Waals surface area contributed by atoms with Crippen molar-refractivity contribution in [2.45, 2.75) is 6.42 Å². The molecular formula is C20H20FN3O4. The van der Waals surface area contributed by atoms with Crippen molar-refractivity contribution in [1.82, 2.24) is 15.0 Å². The number of hydrogen-bond donors (Lipinski definition) is 0. The van der Waals surface area contributed by atoms with Crippen LogP contribution in [0.25, 0.3) is 11.5 Å². The zero-order valence-electron chi connectivity index (χ0n) is 15.8. The summed E-state index contributed by atoms with van der Waals surface area (Å²) < 4.78 is 28.6. The van der Waals surface area contributed by atoms with Crippen LogP contribution in [-0.4, -0.2) is 48.8 Å². The van der Waals surface area contributed by atoms with E-state index in [1.807, 2.05) is 0 Å². The van der Waals surface area contributed by atoms with E-state index in [4.69, 9.17) is 14.0 Å². The summed E-state index contributed by atoms with van der Waals surface area (Å²) in [6, 6.07) is 10.8. The molecule has 0 atom stereocenters. The average molecular weight is 385 g/mol. The normalized spacial score (nSPS) is 10.6. The number of methoxy groups -OCH3 is 2. The van der Waals surface area contributed by atoms with Gasteiger partial charge in [0, 0.05) is 37.2 Å². The second-order valence-corrected chi connectivity index (χ2v) is 6.10. The fraction of sp³-hybridized carbons (Fsp3) is 0.250. The number of aromatic nitrogens is 2. The van der Waals surface area contributed by atoms with Crippen molar-refractivity contribution in [3.8, 4) is 23.0 Å². The van der Waals surface area contributed by atoms with Gasteiger partial charge in [-0.15, -0.1) is 0 Å². The summed E-state index contributed by atoms with van der Waals surface area (Å²) in [5, 5.41) is 3.92. The lowest BCUT2D eigenvalue weighted by Gasteiger charge is -2.17. The second kappa shape index (κ2) is 8.51. The third kappa shape index (κ3) is 4.46. The van der Waals surface area contributed by atoms with E-state index in [0.29, 0.717) is 47.3 Å². The summed E-state index contributed by atoms with van der Waals surface area (Å²) >= 11 is 0. The zero-order valence-corrected chi connectivity index (χ0v) is 15.8. The highest BCUT2D eigenvalue weighted by Crippen LogP contribution is 2.23. The Balaban J connectivity index is 1.65. The molecule has 2 aromatic carbocycles. The number of hydrogen-bond acceptors (Lipinski definition) is 6. The lowest BCUT2D eigenvalue weighted by atomic mass is 10.1.